The minimum absolute atomic E-state index is 0.0454. The fourth-order valence-corrected chi connectivity index (χ4v) is 4.56. The molecule has 3 aromatic rings. The Balaban J connectivity index is 1.56. The number of alkyl halides is 2. The number of nitrogens with one attached hydrogen (secondary N) is 1. The molecule has 2 fully saturated rings. The number of halogens is 2. The van der Waals surface area contributed by atoms with Gasteiger partial charge in [0.1, 0.15) is 5.69 Å². The van der Waals surface area contributed by atoms with E-state index in [1.54, 1.807) is 12.1 Å². The number of anilines is 1. The average molecular weight is 412 g/mol. The Kier molecular flexibility index (Phi) is 4.93. The third-order valence-corrected chi connectivity index (χ3v) is 6.24. The van der Waals surface area contributed by atoms with Crippen LogP contribution in [0.2, 0.25) is 0 Å². The van der Waals surface area contributed by atoms with Gasteiger partial charge in [-0.1, -0.05) is 12.1 Å². The summed E-state index contributed by atoms with van der Waals surface area (Å²) in [4.78, 5) is 2.30. The van der Waals surface area contributed by atoms with Crippen LogP contribution >= 0.6 is 0 Å². The molecule has 1 aliphatic carbocycles. The van der Waals surface area contributed by atoms with Crippen molar-refractivity contribution in [1.29, 1.82) is 0 Å². The van der Waals surface area contributed by atoms with E-state index in [-0.39, 0.29) is 5.56 Å². The molecule has 1 atom stereocenters. The molecular weight excluding hydrogens is 384 g/mol. The van der Waals surface area contributed by atoms with Gasteiger partial charge in [-0.05, 0) is 75.4 Å². The lowest BCUT2D eigenvalue weighted by Gasteiger charge is -2.30. The Morgan fingerprint density at radius 1 is 1.13 bits per heavy atom. The molecule has 1 saturated carbocycles. The number of nitrogens with zero attached hydrogens (tertiary/aromatic N) is 4. The van der Waals surface area contributed by atoms with Crippen LogP contribution in [0.25, 0.3) is 16.8 Å². The highest BCUT2D eigenvalue weighted by Crippen LogP contribution is 2.43. The molecule has 1 aromatic carbocycles. The van der Waals surface area contributed by atoms with Gasteiger partial charge in [0.25, 0.3) is 6.43 Å². The first-order chi connectivity index (χ1) is 14.5. The Labute approximate surface area is 175 Å². The van der Waals surface area contributed by atoms with E-state index >= 15 is 0 Å². The minimum atomic E-state index is -2.55. The number of likely N-dealkylation sites (tertiary alicyclic amines) is 1. The normalized spacial score (nSPS) is 20.2. The van der Waals surface area contributed by atoms with Gasteiger partial charge >= 0.3 is 0 Å². The Morgan fingerprint density at radius 2 is 1.97 bits per heavy atom. The van der Waals surface area contributed by atoms with Crippen LogP contribution in [-0.2, 0) is 0 Å². The standard InChI is InChI=1S/C23H27F2N5/c1-14-10-20-21(18-8-7-16(15-5-6-15)11-19(18)22(24)25)27-28-23(30(20)12-14)26-17-4-3-9-29(2)13-17/h7-8,10-12,15,17,22H,3-6,9,13H2,1-2H3,(H,26,28)/t17-/m1/s1. The fourth-order valence-electron chi connectivity index (χ4n) is 4.56. The Morgan fingerprint density at radius 3 is 2.70 bits per heavy atom. The first-order valence-electron chi connectivity index (χ1n) is 10.7. The largest absolute Gasteiger partial charge is 0.350 e. The van der Waals surface area contributed by atoms with Crippen molar-refractivity contribution < 1.29 is 8.78 Å². The van der Waals surface area contributed by atoms with Crippen LogP contribution in [0, 0.1) is 6.92 Å². The summed E-state index contributed by atoms with van der Waals surface area (Å²) in [5.74, 6) is 1.09. The molecule has 2 aliphatic rings. The molecule has 1 aliphatic heterocycles. The van der Waals surface area contributed by atoms with Gasteiger partial charge < -0.3 is 10.2 Å². The lowest BCUT2D eigenvalue weighted by molar-refractivity contribution is 0.152. The summed E-state index contributed by atoms with van der Waals surface area (Å²) >= 11 is 0. The van der Waals surface area contributed by atoms with Crippen molar-refractivity contribution >= 4 is 11.5 Å². The number of fused-ring (bicyclic) bond motifs is 1. The highest BCUT2D eigenvalue weighted by molar-refractivity contribution is 5.80. The molecule has 7 heteroatoms. The molecular formula is C23H27F2N5. The number of benzene rings is 1. The lowest BCUT2D eigenvalue weighted by Crippen LogP contribution is -2.40. The topological polar surface area (TPSA) is 45.5 Å². The summed E-state index contributed by atoms with van der Waals surface area (Å²) in [5.41, 5.74) is 3.87. The Hall–Kier alpha value is -2.54. The number of likely N-dealkylation sites (N-methyl/N-ethyl adjacent to an activating group) is 1. The predicted molar refractivity (Wildman–Crippen MR) is 114 cm³/mol. The second kappa shape index (κ2) is 7.61. The molecule has 158 valence electrons. The van der Waals surface area contributed by atoms with E-state index < -0.39 is 6.43 Å². The highest BCUT2D eigenvalue weighted by atomic mass is 19.3. The van der Waals surface area contributed by atoms with E-state index in [4.69, 9.17) is 0 Å². The van der Waals surface area contributed by atoms with Gasteiger partial charge in [0.2, 0.25) is 5.95 Å². The second-order valence-corrected chi connectivity index (χ2v) is 8.81. The maximum atomic E-state index is 13.9. The molecule has 1 N–H and O–H groups in total. The number of aromatic nitrogens is 3. The van der Waals surface area contributed by atoms with E-state index in [2.05, 4.69) is 27.5 Å². The van der Waals surface area contributed by atoms with Gasteiger partial charge in [-0.15, -0.1) is 10.2 Å². The van der Waals surface area contributed by atoms with Crippen molar-refractivity contribution in [2.75, 3.05) is 25.5 Å². The van der Waals surface area contributed by atoms with Gasteiger partial charge in [0.15, 0.2) is 0 Å². The zero-order valence-electron chi connectivity index (χ0n) is 17.4. The molecule has 30 heavy (non-hydrogen) atoms. The number of hydrogen-bond donors (Lipinski definition) is 1. The zero-order chi connectivity index (χ0) is 20.8. The van der Waals surface area contributed by atoms with E-state index in [9.17, 15) is 8.78 Å². The molecule has 3 heterocycles. The van der Waals surface area contributed by atoms with Crippen molar-refractivity contribution in [3.63, 3.8) is 0 Å². The average Bonchev–Trinajstić information content (AvgIpc) is 3.49. The molecule has 1 saturated heterocycles. The molecule has 0 unspecified atom stereocenters. The van der Waals surface area contributed by atoms with Crippen molar-refractivity contribution in [2.45, 2.75) is 51.0 Å². The minimum Gasteiger partial charge on any atom is -0.350 e. The van der Waals surface area contributed by atoms with Crippen LogP contribution in [-0.4, -0.2) is 45.7 Å². The van der Waals surface area contributed by atoms with Gasteiger partial charge in [-0.3, -0.25) is 4.40 Å². The molecule has 0 bridgehead atoms. The van der Waals surface area contributed by atoms with E-state index in [0.717, 1.165) is 55.4 Å². The van der Waals surface area contributed by atoms with E-state index in [1.807, 2.05) is 29.7 Å². The Bertz CT molecular complexity index is 1070. The first kappa shape index (κ1) is 19.4. The molecule has 0 radical (unpaired) electrons. The van der Waals surface area contributed by atoms with Gasteiger partial charge in [-0.2, -0.15) is 0 Å². The summed E-state index contributed by atoms with van der Waals surface area (Å²) in [6.45, 7) is 4.05. The molecule has 0 spiro atoms. The van der Waals surface area contributed by atoms with Crippen molar-refractivity contribution in [3.05, 3.63) is 47.2 Å². The number of aryl methyl sites for hydroxylation is 1. The third-order valence-electron chi connectivity index (χ3n) is 6.24. The summed E-state index contributed by atoms with van der Waals surface area (Å²) in [6.07, 6.45) is 3.82. The molecule has 5 rings (SSSR count). The quantitative estimate of drug-likeness (QED) is 0.640. The number of rotatable bonds is 5. The maximum absolute atomic E-state index is 13.9. The zero-order valence-corrected chi connectivity index (χ0v) is 17.4. The number of hydrogen-bond acceptors (Lipinski definition) is 4. The summed E-state index contributed by atoms with van der Waals surface area (Å²) in [7, 11) is 2.12. The van der Waals surface area contributed by atoms with Crippen LogP contribution < -0.4 is 5.32 Å². The van der Waals surface area contributed by atoms with E-state index in [1.165, 1.54) is 0 Å². The van der Waals surface area contributed by atoms with Crippen LogP contribution in [0.1, 0.15) is 54.7 Å². The number of piperidine rings is 1. The van der Waals surface area contributed by atoms with Gasteiger partial charge in [0, 0.05) is 29.9 Å². The second-order valence-electron chi connectivity index (χ2n) is 8.81. The smallest absolute Gasteiger partial charge is 0.264 e. The predicted octanol–water partition coefficient (Wildman–Crippen LogP) is 5.03. The van der Waals surface area contributed by atoms with Crippen LogP contribution in [0.3, 0.4) is 0 Å². The van der Waals surface area contributed by atoms with Crippen LogP contribution in [0.15, 0.2) is 30.5 Å². The van der Waals surface area contributed by atoms with Gasteiger partial charge in [-0.25, -0.2) is 8.78 Å². The van der Waals surface area contributed by atoms with Gasteiger partial charge in [0.05, 0.1) is 5.52 Å². The van der Waals surface area contributed by atoms with Crippen LogP contribution in [0.5, 0.6) is 0 Å². The first-order valence-corrected chi connectivity index (χ1v) is 10.7. The highest BCUT2D eigenvalue weighted by Gasteiger charge is 2.27. The van der Waals surface area contributed by atoms with E-state index in [0.29, 0.717) is 29.2 Å². The van der Waals surface area contributed by atoms with Crippen molar-refractivity contribution in [2.24, 2.45) is 0 Å². The van der Waals surface area contributed by atoms with Crippen molar-refractivity contribution in [1.82, 2.24) is 19.5 Å². The van der Waals surface area contributed by atoms with Crippen LogP contribution in [0.4, 0.5) is 14.7 Å². The summed E-state index contributed by atoms with van der Waals surface area (Å²) < 4.78 is 29.8. The molecule has 5 nitrogen and oxygen atoms in total. The lowest BCUT2D eigenvalue weighted by atomic mass is 9.99. The summed E-state index contributed by atoms with van der Waals surface area (Å²) in [6, 6.07) is 7.72. The monoisotopic (exact) mass is 411 g/mol. The third kappa shape index (κ3) is 3.67. The molecule has 2 aromatic heterocycles. The maximum Gasteiger partial charge on any atom is 0.264 e. The summed E-state index contributed by atoms with van der Waals surface area (Å²) in [5, 5.41) is 12.4. The SMILES string of the molecule is Cc1cc2c(-c3ccc(C4CC4)cc3C(F)F)nnc(N[C@@H]3CCCN(C)C3)n2c1. The fraction of sp³-hybridized carbons (Fsp3) is 0.478. The molecule has 0 amide bonds. The van der Waals surface area contributed by atoms with Crippen molar-refractivity contribution in [3.8, 4) is 11.3 Å².